The van der Waals surface area contributed by atoms with Crippen molar-refractivity contribution in [3.8, 4) is 11.5 Å². The molecule has 0 spiro atoms. The molecule has 0 aliphatic carbocycles. The summed E-state index contributed by atoms with van der Waals surface area (Å²) in [5, 5.41) is 4.53. The van der Waals surface area contributed by atoms with Gasteiger partial charge < -0.3 is 25.4 Å². The van der Waals surface area contributed by atoms with Crippen LogP contribution in [0.1, 0.15) is 12.8 Å². The predicted molar refractivity (Wildman–Crippen MR) is 99.1 cm³/mol. The fourth-order valence-corrected chi connectivity index (χ4v) is 2.67. The Bertz CT molecular complexity index is 648. The Kier molecular flexibility index (Phi) is 7.08. The number of nitrogens with zero attached hydrogens (tertiary/aromatic N) is 2. The fraction of sp³-hybridized carbons (Fsp3) is 0.500. The van der Waals surface area contributed by atoms with Crippen molar-refractivity contribution in [2.75, 3.05) is 52.8 Å². The van der Waals surface area contributed by atoms with Gasteiger partial charge >= 0.3 is 0 Å². The van der Waals surface area contributed by atoms with Gasteiger partial charge in [0.05, 0.1) is 19.7 Å². The molecule has 3 N–H and O–H groups in total. The summed E-state index contributed by atoms with van der Waals surface area (Å²) >= 11 is 0. The van der Waals surface area contributed by atoms with E-state index in [0.29, 0.717) is 11.5 Å². The third kappa shape index (κ3) is 4.72. The maximum absolute atomic E-state index is 5.54. The molecule has 2 aromatic rings. The molecule has 6 nitrogen and oxygen atoms in total. The van der Waals surface area contributed by atoms with Crippen molar-refractivity contribution in [2.24, 2.45) is 5.73 Å². The maximum atomic E-state index is 5.54. The summed E-state index contributed by atoms with van der Waals surface area (Å²) in [5.41, 5.74) is 7.49. The first kappa shape index (κ1) is 18.3. The number of hydrogen-bond donors (Lipinski definition) is 2. The number of nitrogens with two attached hydrogens (primary N) is 1. The number of methoxy groups -OCH3 is 2. The third-order valence-electron chi connectivity index (χ3n) is 4.02. The highest BCUT2D eigenvalue weighted by atomic mass is 16.5. The topological polar surface area (TPSA) is 72.6 Å². The minimum absolute atomic E-state index is 0.691. The molecule has 6 heteroatoms. The second-order valence-corrected chi connectivity index (χ2v) is 5.81. The number of rotatable bonds is 10. The van der Waals surface area contributed by atoms with Crippen molar-refractivity contribution in [1.29, 1.82) is 0 Å². The van der Waals surface area contributed by atoms with Crippen LogP contribution in [0.4, 0.5) is 5.69 Å². The lowest BCUT2D eigenvalue weighted by Crippen LogP contribution is -2.24. The van der Waals surface area contributed by atoms with Crippen LogP contribution in [-0.2, 0) is 0 Å². The van der Waals surface area contributed by atoms with E-state index in [1.165, 1.54) is 0 Å². The molecule has 0 amide bonds. The van der Waals surface area contributed by atoms with E-state index in [4.69, 9.17) is 15.2 Å². The molecule has 132 valence electrons. The molecule has 1 aromatic carbocycles. The molecule has 0 saturated carbocycles. The standard InChI is InChI=1S/C18H28N4O2/c1-22(10-4-7-19)11-5-8-20-15-6-9-21-16-13-18(24-3)17(23-2)12-14(15)16/h6,9,12-13H,4-5,7-8,10-11,19H2,1-3H3,(H,20,21). The Morgan fingerprint density at radius 1 is 1.12 bits per heavy atom. The molecule has 0 bridgehead atoms. The summed E-state index contributed by atoms with van der Waals surface area (Å²) in [4.78, 5) is 6.73. The van der Waals surface area contributed by atoms with Crippen LogP contribution < -0.4 is 20.5 Å². The van der Waals surface area contributed by atoms with Crippen LogP contribution in [0.15, 0.2) is 24.4 Å². The number of hydrogen-bond acceptors (Lipinski definition) is 6. The summed E-state index contributed by atoms with van der Waals surface area (Å²) < 4.78 is 10.7. The lowest BCUT2D eigenvalue weighted by molar-refractivity contribution is 0.330. The average Bonchev–Trinajstić information content (AvgIpc) is 2.62. The average molecular weight is 332 g/mol. The second-order valence-electron chi connectivity index (χ2n) is 5.81. The lowest BCUT2D eigenvalue weighted by Gasteiger charge is -2.17. The van der Waals surface area contributed by atoms with Gasteiger partial charge in [0.1, 0.15) is 0 Å². The van der Waals surface area contributed by atoms with Crippen LogP contribution in [0, 0.1) is 0 Å². The Morgan fingerprint density at radius 2 is 1.83 bits per heavy atom. The highest BCUT2D eigenvalue weighted by Crippen LogP contribution is 2.34. The molecule has 0 unspecified atom stereocenters. The minimum atomic E-state index is 0.691. The van der Waals surface area contributed by atoms with E-state index in [1.807, 2.05) is 24.4 Å². The Labute approximate surface area is 143 Å². The van der Waals surface area contributed by atoms with E-state index in [1.54, 1.807) is 14.2 Å². The van der Waals surface area contributed by atoms with Crippen LogP contribution in [-0.4, -0.2) is 57.3 Å². The van der Waals surface area contributed by atoms with Crippen LogP contribution >= 0.6 is 0 Å². The van der Waals surface area contributed by atoms with E-state index in [2.05, 4.69) is 22.2 Å². The van der Waals surface area contributed by atoms with Crippen molar-refractivity contribution < 1.29 is 9.47 Å². The molecular weight excluding hydrogens is 304 g/mol. The zero-order chi connectivity index (χ0) is 17.4. The highest BCUT2D eigenvalue weighted by Gasteiger charge is 2.09. The second kappa shape index (κ2) is 9.30. The fourth-order valence-electron chi connectivity index (χ4n) is 2.67. The smallest absolute Gasteiger partial charge is 0.162 e. The molecule has 0 aliphatic heterocycles. The van der Waals surface area contributed by atoms with Crippen LogP contribution in [0.2, 0.25) is 0 Å². The van der Waals surface area contributed by atoms with Gasteiger partial charge in [0.15, 0.2) is 11.5 Å². The molecule has 0 atom stereocenters. The van der Waals surface area contributed by atoms with E-state index in [9.17, 15) is 0 Å². The van der Waals surface area contributed by atoms with Gasteiger partial charge in [-0.05, 0) is 51.7 Å². The number of ether oxygens (including phenoxy) is 2. The quantitative estimate of drug-likeness (QED) is 0.651. The first-order valence-corrected chi connectivity index (χ1v) is 8.32. The van der Waals surface area contributed by atoms with E-state index in [0.717, 1.165) is 55.6 Å². The van der Waals surface area contributed by atoms with Gasteiger partial charge in [-0.3, -0.25) is 4.98 Å². The lowest BCUT2D eigenvalue weighted by atomic mass is 10.1. The molecule has 24 heavy (non-hydrogen) atoms. The number of nitrogens with one attached hydrogen (secondary N) is 1. The van der Waals surface area contributed by atoms with Crippen LogP contribution in [0.25, 0.3) is 10.9 Å². The number of anilines is 1. The van der Waals surface area contributed by atoms with E-state index < -0.39 is 0 Å². The van der Waals surface area contributed by atoms with Crippen molar-refractivity contribution in [3.05, 3.63) is 24.4 Å². The van der Waals surface area contributed by atoms with Crippen molar-refractivity contribution in [3.63, 3.8) is 0 Å². The molecule has 2 rings (SSSR count). The summed E-state index contributed by atoms with van der Waals surface area (Å²) in [6, 6.07) is 5.86. The molecule has 0 aliphatic rings. The number of fused-ring (bicyclic) bond motifs is 1. The monoisotopic (exact) mass is 332 g/mol. The Hall–Kier alpha value is -2.05. The third-order valence-corrected chi connectivity index (χ3v) is 4.02. The maximum Gasteiger partial charge on any atom is 0.162 e. The molecule has 1 aromatic heterocycles. The first-order valence-electron chi connectivity index (χ1n) is 8.32. The molecular formula is C18H28N4O2. The van der Waals surface area contributed by atoms with Crippen LogP contribution in [0.5, 0.6) is 11.5 Å². The van der Waals surface area contributed by atoms with Gasteiger partial charge in [0, 0.05) is 29.9 Å². The normalized spacial score (nSPS) is 11.0. The highest BCUT2D eigenvalue weighted by molar-refractivity contribution is 5.93. The van der Waals surface area contributed by atoms with E-state index >= 15 is 0 Å². The van der Waals surface area contributed by atoms with Gasteiger partial charge in [-0.2, -0.15) is 0 Å². The minimum Gasteiger partial charge on any atom is -0.493 e. The van der Waals surface area contributed by atoms with Crippen LogP contribution in [0.3, 0.4) is 0 Å². The summed E-state index contributed by atoms with van der Waals surface area (Å²) in [6.07, 6.45) is 3.92. The Balaban J connectivity index is 2.01. The summed E-state index contributed by atoms with van der Waals surface area (Å²) in [5.74, 6) is 1.40. The number of pyridine rings is 1. The molecule has 0 radical (unpaired) electrons. The van der Waals surface area contributed by atoms with Gasteiger partial charge in [-0.1, -0.05) is 0 Å². The van der Waals surface area contributed by atoms with Gasteiger partial charge in [0.25, 0.3) is 0 Å². The predicted octanol–water partition coefficient (Wildman–Crippen LogP) is 2.33. The zero-order valence-electron chi connectivity index (χ0n) is 14.8. The van der Waals surface area contributed by atoms with Crippen molar-refractivity contribution in [2.45, 2.75) is 12.8 Å². The molecule has 0 saturated heterocycles. The number of benzene rings is 1. The van der Waals surface area contributed by atoms with Gasteiger partial charge in [0.2, 0.25) is 0 Å². The number of aromatic nitrogens is 1. The molecule has 0 fully saturated rings. The SMILES string of the molecule is COc1cc2nccc(NCCCN(C)CCCN)c2cc1OC. The molecule has 1 heterocycles. The van der Waals surface area contributed by atoms with Gasteiger partial charge in [-0.15, -0.1) is 0 Å². The van der Waals surface area contributed by atoms with Crippen molar-refractivity contribution in [1.82, 2.24) is 9.88 Å². The first-order chi connectivity index (χ1) is 11.7. The zero-order valence-corrected chi connectivity index (χ0v) is 14.8. The summed E-state index contributed by atoms with van der Waals surface area (Å²) in [6.45, 7) is 3.75. The van der Waals surface area contributed by atoms with E-state index in [-0.39, 0.29) is 0 Å². The Morgan fingerprint density at radius 3 is 2.54 bits per heavy atom. The van der Waals surface area contributed by atoms with Crippen molar-refractivity contribution >= 4 is 16.6 Å². The largest absolute Gasteiger partial charge is 0.493 e. The van der Waals surface area contributed by atoms with Gasteiger partial charge in [-0.25, -0.2) is 0 Å². The summed E-state index contributed by atoms with van der Waals surface area (Å²) in [7, 11) is 5.41.